The summed E-state index contributed by atoms with van der Waals surface area (Å²) in [6.07, 6.45) is 5.02. The van der Waals surface area contributed by atoms with Gasteiger partial charge in [0.1, 0.15) is 5.75 Å². The molecular weight excluding hydrogens is 420 g/mol. The smallest absolute Gasteiger partial charge is 0.357 e. The zero-order valence-corrected chi connectivity index (χ0v) is 18.4. The van der Waals surface area contributed by atoms with E-state index in [9.17, 15) is 14.4 Å². The number of hydrogen-bond donors (Lipinski definition) is 2. The SMILES string of the molecule is CCOC(=O)c1csc(N(NC(=O)c2ccc(OC)cc2)C(=O)NC2CCCCC2)n1. The first-order valence-corrected chi connectivity index (χ1v) is 11.1. The van der Waals surface area contributed by atoms with Crippen LogP contribution in [-0.2, 0) is 4.74 Å². The highest BCUT2D eigenvalue weighted by Crippen LogP contribution is 2.22. The predicted octanol–water partition coefficient (Wildman–Crippen LogP) is 3.52. The van der Waals surface area contributed by atoms with E-state index in [2.05, 4.69) is 15.7 Å². The molecule has 3 amide bonds. The molecule has 1 aliphatic rings. The fraction of sp³-hybridized carbons (Fsp3) is 0.429. The van der Waals surface area contributed by atoms with Crippen molar-refractivity contribution in [3.05, 3.63) is 40.9 Å². The van der Waals surface area contributed by atoms with Crippen LogP contribution in [0.4, 0.5) is 9.93 Å². The average Bonchev–Trinajstić information content (AvgIpc) is 3.28. The molecule has 10 heteroatoms. The summed E-state index contributed by atoms with van der Waals surface area (Å²) in [5.74, 6) is -0.462. The Hall–Kier alpha value is -3.14. The average molecular weight is 447 g/mol. The number of ether oxygens (including phenoxy) is 2. The second-order valence-corrected chi connectivity index (χ2v) is 7.86. The summed E-state index contributed by atoms with van der Waals surface area (Å²) < 4.78 is 10.1. The maximum atomic E-state index is 13.0. The van der Waals surface area contributed by atoms with Crippen LogP contribution in [-0.4, -0.2) is 42.7 Å². The van der Waals surface area contributed by atoms with Crippen molar-refractivity contribution in [3.8, 4) is 5.75 Å². The molecule has 1 aromatic carbocycles. The Morgan fingerprint density at radius 2 is 1.87 bits per heavy atom. The molecule has 0 aliphatic heterocycles. The second kappa shape index (κ2) is 10.8. The Labute approximate surface area is 184 Å². The number of benzene rings is 1. The van der Waals surface area contributed by atoms with E-state index in [0.29, 0.717) is 11.3 Å². The molecule has 1 heterocycles. The van der Waals surface area contributed by atoms with Crippen LogP contribution in [0.5, 0.6) is 5.75 Å². The number of aromatic nitrogens is 1. The number of carbonyl (C=O) groups is 3. The molecular formula is C21H26N4O5S. The lowest BCUT2D eigenvalue weighted by Gasteiger charge is -2.27. The first-order chi connectivity index (χ1) is 15.0. The quantitative estimate of drug-likeness (QED) is 0.519. The van der Waals surface area contributed by atoms with Crippen LogP contribution < -0.4 is 20.5 Å². The van der Waals surface area contributed by atoms with Gasteiger partial charge in [-0.3, -0.25) is 10.2 Å². The van der Waals surface area contributed by atoms with Gasteiger partial charge in [-0.05, 0) is 44.0 Å². The summed E-state index contributed by atoms with van der Waals surface area (Å²) in [7, 11) is 1.54. The summed E-state index contributed by atoms with van der Waals surface area (Å²) in [4.78, 5) is 42.0. The van der Waals surface area contributed by atoms with E-state index in [4.69, 9.17) is 9.47 Å². The highest BCUT2D eigenvalue weighted by atomic mass is 32.1. The predicted molar refractivity (Wildman–Crippen MR) is 116 cm³/mol. The van der Waals surface area contributed by atoms with Crippen LogP contribution in [0, 0.1) is 0 Å². The van der Waals surface area contributed by atoms with Gasteiger partial charge in [-0.15, -0.1) is 11.3 Å². The molecule has 166 valence electrons. The number of thiazole rings is 1. The standard InChI is InChI=1S/C21H26N4O5S/c1-3-30-19(27)17-13-31-21(23-17)25(20(28)22-15-7-5-4-6-8-15)24-18(26)14-9-11-16(29-2)12-10-14/h9-13,15H,3-8H2,1-2H3,(H,22,28)(H,24,26). The molecule has 1 fully saturated rings. The number of urea groups is 1. The van der Waals surface area contributed by atoms with Crippen LogP contribution in [0.1, 0.15) is 59.9 Å². The zero-order valence-electron chi connectivity index (χ0n) is 17.6. The van der Waals surface area contributed by atoms with Crippen LogP contribution in [0.15, 0.2) is 29.6 Å². The van der Waals surface area contributed by atoms with Crippen molar-refractivity contribution in [3.63, 3.8) is 0 Å². The number of hydrazine groups is 1. The van der Waals surface area contributed by atoms with Crippen molar-refractivity contribution < 1.29 is 23.9 Å². The van der Waals surface area contributed by atoms with E-state index in [1.807, 2.05) is 0 Å². The largest absolute Gasteiger partial charge is 0.497 e. The van der Waals surface area contributed by atoms with Crippen LogP contribution in [0.3, 0.4) is 0 Å². The fourth-order valence-corrected chi connectivity index (χ4v) is 4.00. The minimum Gasteiger partial charge on any atom is -0.497 e. The highest BCUT2D eigenvalue weighted by Gasteiger charge is 2.26. The number of rotatable bonds is 6. The molecule has 0 atom stereocenters. The van der Waals surface area contributed by atoms with Crippen molar-refractivity contribution in [2.45, 2.75) is 45.1 Å². The van der Waals surface area contributed by atoms with E-state index in [1.54, 1.807) is 31.2 Å². The highest BCUT2D eigenvalue weighted by molar-refractivity contribution is 7.14. The Morgan fingerprint density at radius 3 is 2.52 bits per heavy atom. The number of amides is 3. The van der Waals surface area contributed by atoms with Gasteiger partial charge in [0.15, 0.2) is 5.69 Å². The van der Waals surface area contributed by atoms with E-state index in [0.717, 1.165) is 48.4 Å². The molecule has 0 bridgehead atoms. The van der Waals surface area contributed by atoms with Crippen LogP contribution in [0.2, 0.25) is 0 Å². The van der Waals surface area contributed by atoms with Crippen LogP contribution >= 0.6 is 11.3 Å². The molecule has 31 heavy (non-hydrogen) atoms. The van der Waals surface area contributed by atoms with Gasteiger partial charge >= 0.3 is 12.0 Å². The molecule has 2 aromatic rings. The monoisotopic (exact) mass is 446 g/mol. The van der Waals surface area contributed by atoms with Gasteiger partial charge in [0.25, 0.3) is 5.91 Å². The first kappa shape index (κ1) is 22.5. The summed E-state index contributed by atoms with van der Waals surface area (Å²) in [5.41, 5.74) is 3.02. The Bertz CT molecular complexity index is 909. The van der Waals surface area contributed by atoms with Crippen molar-refractivity contribution in [2.75, 3.05) is 18.7 Å². The minimum atomic E-state index is -0.584. The summed E-state index contributed by atoms with van der Waals surface area (Å²) in [6, 6.07) is 6.03. The molecule has 0 saturated heterocycles. The Morgan fingerprint density at radius 1 is 1.16 bits per heavy atom. The number of carbonyl (C=O) groups excluding carboxylic acids is 3. The van der Waals surface area contributed by atoms with E-state index in [1.165, 1.54) is 12.5 Å². The molecule has 0 spiro atoms. The second-order valence-electron chi connectivity index (χ2n) is 7.03. The summed E-state index contributed by atoms with van der Waals surface area (Å²) in [6.45, 7) is 1.91. The lowest BCUT2D eigenvalue weighted by atomic mass is 9.96. The third-order valence-electron chi connectivity index (χ3n) is 4.87. The van der Waals surface area contributed by atoms with E-state index < -0.39 is 17.9 Å². The third-order valence-corrected chi connectivity index (χ3v) is 5.70. The van der Waals surface area contributed by atoms with Gasteiger partial charge in [0, 0.05) is 17.0 Å². The maximum absolute atomic E-state index is 13.0. The van der Waals surface area contributed by atoms with Gasteiger partial charge < -0.3 is 14.8 Å². The number of hydrogen-bond acceptors (Lipinski definition) is 7. The molecule has 3 rings (SSSR count). The van der Waals surface area contributed by atoms with Crippen molar-refractivity contribution in [1.29, 1.82) is 0 Å². The number of methoxy groups -OCH3 is 1. The topological polar surface area (TPSA) is 110 Å². The molecule has 0 unspecified atom stereocenters. The van der Waals surface area contributed by atoms with Crippen molar-refractivity contribution >= 4 is 34.4 Å². The fourth-order valence-electron chi connectivity index (χ4n) is 3.25. The normalized spacial score (nSPS) is 13.9. The Balaban J connectivity index is 1.79. The van der Waals surface area contributed by atoms with Gasteiger partial charge in [-0.1, -0.05) is 19.3 Å². The molecule has 9 nitrogen and oxygen atoms in total. The van der Waals surface area contributed by atoms with E-state index >= 15 is 0 Å². The van der Waals surface area contributed by atoms with Gasteiger partial charge in [-0.2, -0.15) is 5.01 Å². The summed E-state index contributed by atoms with van der Waals surface area (Å²) >= 11 is 1.06. The van der Waals surface area contributed by atoms with Gasteiger partial charge in [0.05, 0.1) is 13.7 Å². The van der Waals surface area contributed by atoms with Gasteiger partial charge in [-0.25, -0.2) is 14.6 Å². The lowest BCUT2D eigenvalue weighted by Crippen LogP contribution is -2.53. The number of nitrogens with zero attached hydrogens (tertiary/aromatic N) is 2. The van der Waals surface area contributed by atoms with Crippen molar-refractivity contribution in [1.82, 2.24) is 15.7 Å². The van der Waals surface area contributed by atoms with Gasteiger partial charge in [0.2, 0.25) is 5.13 Å². The lowest BCUT2D eigenvalue weighted by molar-refractivity contribution is 0.0520. The number of esters is 1. The molecule has 0 radical (unpaired) electrons. The molecule has 1 aromatic heterocycles. The van der Waals surface area contributed by atoms with E-state index in [-0.39, 0.29) is 23.5 Å². The minimum absolute atomic E-state index is 0.0335. The molecule has 1 aliphatic carbocycles. The third kappa shape index (κ3) is 5.94. The first-order valence-electron chi connectivity index (χ1n) is 10.2. The van der Waals surface area contributed by atoms with Crippen molar-refractivity contribution in [2.24, 2.45) is 0 Å². The van der Waals surface area contributed by atoms with Crippen LogP contribution in [0.25, 0.3) is 0 Å². The Kier molecular flexibility index (Phi) is 7.82. The summed E-state index contributed by atoms with van der Waals surface area (Å²) in [5, 5.41) is 5.67. The number of nitrogens with one attached hydrogen (secondary N) is 2. The molecule has 2 N–H and O–H groups in total. The maximum Gasteiger partial charge on any atom is 0.357 e. The molecule has 1 saturated carbocycles. The zero-order chi connectivity index (χ0) is 22.2. The number of anilines is 1.